The zero-order valence-corrected chi connectivity index (χ0v) is 18.6. The highest BCUT2D eigenvalue weighted by Gasteiger charge is 2.28. The highest BCUT2D eigenvalue weighted by atomic mass is 32.2. The lowest BCUT2D eigenvalue weighted by atomic mass is 10.1. The first kappa shape index (κ1) is 20.9. The number of hydrogen-bond acceptors (Lipinski definition) is 9. The molecule has 1 aliphatic rings. The van der Waals surface area contributed by atoms with Gasteiger partial charge in [0.15, 0.2) is 22.8 Å². The van der Waals surface area contributed by atoms with Crippen LogP contribution < -0.4 is 15.7 Å². The summed E-state index contributed by atoms with van der Waals surface area (Å²) in [5.74, 6) is -1.37. The lowest BCUT2D eigenvalue weighted by Gasteiger charge is -2.23. The van der Waals surface area contributed by atoms with Crippen molar-refractivity contribution in [1.29, 1.82) is 0 Å². The second kappa shape index (κ2) is 7.28. The summed E-state index contributed by atoms with van der Waals surface area (Å²) in [5.41, 5.74) is 1.85. The number of fused-ring (bicyclic) bond motifs is 4. The van der Waals surface area contributed by atoms with Crippen LogP contribution in [0.5, 0.6) is 34.5 Å². The van der Waals surface area contributed by atoms with E-state index in [2.05, 4.69) is 5.32 Å². The molecule has 0 atom stereocenters. The number of phenols is 4. The Labute approximate surface area is 191 Å². The van der Waals surface area contributed by atoms with Gasteiger partial charge in [-0.3, -0.25) is 0 Å². The summed E-state index contributed by atoms with van der Waals surface area (Å²) in [7, 11) is 0. The Morgan fingerprint density at radius 3 is 2.21 bits per heavy atom. The maximum Gasteiger partial charge on any atom is 0.361 e. The summed E-state index contributed by atoms with van der Waals surface area (Å²) < 4.78 is 11.1. The molecule has 3 aromatic carbocycles. The molecule has 9 heteroatoms. The third kappa shape index (κ3) is 3.28. The molecule has 1 aliphatic heterocycles. The Morgan fingerprint density at radius 2 is 1.52 bits per heavy atom. The molecule has 4 aromatic rings. The van der Waals surface area contributed by atoms with Gasteiger partial charge in [-0.2, -0.15) is 0 Å². The van der Waals surface area contributed by atoms with Crippen molar-refractivity contribution in [2.75, 3.05) is 5.32 Å². The van der Waals surface area contributed by atoms with E-state index in [9.17, 15) is 25.2 Å². The topological polar surface area (TPSA) is 132 Å². The van der Waals surface area contributed by atoms with Crippen LogP contribution in [0.2, 0.25) is 0 Å². The van der Waals surface area contributed by atoms with Gasteiger partial charge in [0.1, 0.15) is 11.4 Å². The lowest BCUT2D eigenvalue weighted by Crippen LogP contribution is -2.13. The van der Waals surface area contributed by atoms with E-state index in [4.69, 9.17) is 9.15 Å². The quantitative estimate of drug-likeness (QED) is 0.168. The highest BCUT2D eigenvalue weighted by Crippen LogP contribution is 2.52. The monoisotopic (exact) mass is 465 g/mol. The van der Waals surface area contributed by atoms with E-state index in [1.54, 1.807) is 19.9 Å². The summed E-state index contributed by atoms with van der Waals surface area (Å²) in [4.78, 5) is 14.1. The van der Waals surface area contributed by atoms with Crippen LogP contribution in [0.3, 0.4) is 0 Å². The Morgan fingerprint density at radius 1 is 0.879 bits per heavy atom. The van der Waals surface area contributed by atoms with E-state index < -0.39 is 11.4 Å². The number of aromatic hydroxyl groups is 4. The van der Waals surface area contributed by atoms with Gasteiger partial charge >= 0.3 is 5.63 Å². The molecule has 0 bridgehead atoms. The molecule has 0 saturated carbocycles. The predicted octanol–water partition coefficient (Wildman–Crippen LogP) is 5.54. The largest absolute Gasteiger partial charge is 0.506 e. The van der Waals surface area contributed by atoms with Crippen LogP contribution in [0.1, 0.15) is 16.7 Å². The Balaban J connectivity index is 1.69. The van der Waals surface area contributed by atoms with Crippen LogP contribution in [-0.2, 0) is 0 Å². The molecule has 0 fully saturated rings. The minimum atomic E-state index is -0.733. The molecule has 0 radical (unpaired) electrons. The average Bonchev–Trinajstić information content (AvgIpc) is 2.72. The molecule has 0 unspecified atom stereocenters. The lowest BCUT2D eigenvalue weighted by molar-refractivity contribution is 0.358. The summed E-state index contributed by atoms with van der Waals surface area (Å²) in [5, 5.41) is 45.0. The van der Waals surface area contributed by atoms with E-state index >= 15 is 0 Å². The molecule has 2 heterocycles. The number of nitrogens with one attached hydrogen (secondary N) is 1. The van der Waals surface area contributed by atoms with Gasteiger partial charge in [-0.05, 0) is 67.8 Å². The van der Waals surface area contributed by atoms with Crippen molar-refractivity contribution in [3.8, 4) is 34.5 Å². The smallest absolute Gasteiger partial charge is 0.361 e. The van der Waals surface area contributed by atoms with Crippen LogP contribution in [-0.4, -0.2) is 20.4 Å². The second-order valence-electron chi connectivity index (χ2n) is 7.96. The molecule has 0 aliphatic carbocycles. The van der Waals surface area contributed by atoms with E-state index in [1.165, 1.54) is 30.0 Å². The standard InChI is InChI=1S/C24H19NO7S/c1-9-5-13(27)21(14(28)6-9)31-15-8-11(3)17-22(20(15)29)32-24(30)19-23(17)33-16-7-10(2)4-12(26)18(16)25-19/h4-8,25-29H,1-3H3. The van der Waals surface area contributed by atoms with Crippen molar-refractivity contribution in [2.24, 2.45) is 0 Å². The van der Waals surface area contributed by atoms with Crippen LogP contribution >= 0.6 is 11.8 Å². The number of anilines is 2. The first-order valence-corrected chi connectivity index (χ1v) is 10.8. The summed E-state index contributed by atoms with van der Waals surface area (Å²) in [6, 6.07) is 7.82. The summed E-state index contributed by atoms with van der Waals surface area (Å²) in [6.45, 7) is 5.31. The molecule has 0 spiro atoms. The molecular formula is C24H19NO7S. The van der Waals surface area contributed by atoms with Gasteiger partial charge in [0, 0.05) is 10.3 Å². The number of ether oxygens (including phenoxy) is 1. The van der Waals surface area contributed by atoms with Gasteiger partial charge in [0.25, 0.3) is 0 Å². The summed E-state index contributed by atoms with van der Waals surface area (Å²) >= 11 is 1.28. The van der Waals surface area contributed by atoms with Crippen molar-refractivity contribution < 1.29 is 29.6 Å². The number of benzene rings is 3. The van der Waals surface area contributed by atoms with Gasteiger partial charge < -0.3 is 34.9 Å². The molecule has 0 saturated heterocycles. The van der Waals surface area contributed by atoms with Gasteiger partial charge in [0.2, 0.25) is 11.5 Å². The Kier molecular flexibility index (Phi) is 4.61. The molecule has 168 valence electrons. The molecule has 5 rings (SSSR count). The van der Waals surface area contributed by atoms with E-state index in [-0.39, 0.29) is 40.0 Å². The molecule has 1 aromatic heterocycles. The zero-order chi connectivity index (χ0) is 23.6. The van der Waals surface area contributed by atoms with Crippen molar-refractivity contribution in [3.63, 3.8) is 0 Å². The fourth-order valence-corrected chi connectivity index (χ4v) is 5.22. The first-order chi connectivity index (χ1) is 15.6. The van der Waals surface area contributed by atoms with E-state index in [1.807, 2.05) is 13.0 Å². The maximum absolute atomic E-state index is 12.8. The molecular weight excluding hydrogens is 446 g/mol. The van der Waals surface area contributed by atoms with Gasteiger partial charge in [-0.25, -0.2) is 4.79 Å². The number of hydrogen-bond donors (Lipinski definition) is 5. The average molecular weight is 465 g/mol. The Bertz CT molecular complexity index is 1520. The molecule has 5 N–H and O–H groups in total. The fourth-order valence-electron chi connectivity index (χ4n) is 3.90. The molecule has 0 amide bonds. The van der Waals surface area contributed by atoms with Crippen molar-refractivity contribution in [1.82, 2.24) is 0 Å². The second-order valence-corrected chi connectivity index (χ2v) is 9.01. The minimum absolute atomic E-state index is 0.0173. The zero-order valence-electron chi connectivity index (χ0n) is 17.8. The number of rotatable bonds is 2. The van der Waals surface area contributed by atoms with Crippen LogP contribution in [0.25, 0.3) is 11.0 Å². The fraction of sp³-hybridized carbons (Fsp3) is 0.125. The van der Waals surface area contributed by atoms with Crippen molar-refractivity contribution >= 4 is 34.1 Å². The normalized spacial score (nSPS) is 12.2. The van der Waals surface area contributed by atoms with Crippen LogP contribution in [0.4, 0.5) is 11.4 Å². The van der Waals surface area contributed by atoms with Gasteiger partial charge in [-0.1, -0.05) is 11.8 Å². The molecule has 8 nitrogen and oxygen atoms in total. The third-order valence-corrected chi connectivity index (χ3v) is 6.52. The summed E-state index contributed by atoms with van der Waals surface area (Å²) in [6.07, 6.45) is 0. The SMILES string of the molecule is Cc1cc(O)c(Oc2cc(C)c3c4c(c(=O)oc3c2O)Nc2c(O)cc(C)cc2S4)c(O)c1. The third-order valence-electron chi connectivity index (χ3n) is 5.36. The predicted molar refractivity (Wildman–Crippen MR) is 124 cm³/mol. The van der Waals surface area contributed by atoms with Gasteiger partial charge in [-0.15, -0.1) is 0 Å². The number of phenolic OH excluding ortho intramolecular Hbond substituents is 4. The van der Waals surface area contributed by atoms with Crippen molar-refractivity contribution in [3.05, 3.63) is 57.4 Å². The Hall–Kier alpha value is -3.98. The highest BCUT2D eigenvalue weighted by molar-refractivity contribution is 8.00. The van der Waals surface area contributed by atoms with E-state index in [0.717, 1.165) is 10.5 Å². The maximum atomic E-state index is 12.8. The number of aryl methyl sites for hydroxylation is 3. The van der Waals surface area contributed by atoms with Crippen LogP contribution in [0, 0.1) is 20.8 Å². The van der Waals surface area contributed by atoms with Gasteiger partial charge in [0.05, 0.1) is 10.6 Å². The minimum Gasteiger partial charge on any atom is -0.506 e. The van der Waals surface area contributed by atoms with Crippen LogP contribution in [0.15, 0.2) is 49.3 Å². The molecule has 33 heavy (non-hydrogen) atoms. The first-order valence-electron chi connectivity index (χ1n) is 9.96. The van der Waals surface area contributed by atoms with E-state index in [0.29, 0.717) is 27.1 Å². The van der Waals surface area contributed by atoms with Crippen molar-refractivity contribution in [2.45, 2.75) is 30.6 Å².